The van der Waals surface area contributed by atoms with E-state index in [9.17, 15) is 9.90 Å². The van der Waals surface area contributed by atoms with E-state index in [0.717, 1.165) is 24.8 Å². The van der Waals surface area contributed by atoms with Gasteiger partial charge in [-0.3, -0.25) is 0 Å². The number of carbonyl (C=O) groups is 1. The Kier molecular flexibility index (Phi) is 4.83. The Balaban J connectivity index is 1.73. The fraction of sp³-hybridized carbons (Fsp3) is 0.611. The summed E-state index contributed by atoms with van der Waals surface area (Å²) in [5.74, 6) is 1.10. The van der Waals surface area contributed by atoms with E-state index in [1.807, 2.05) is 31.2 Å². The zero-order chi connectivity index (χ0) is 16.6. The number of hydrogen-bond acceptors (Lipinski definition) is 2. The maximum Gasteiger partial charge on any atom is 0.318 e. The summed E-state index contributed by atoms with van der Waals surface area (Å²) in [7, 11) is 0. The largest absolute Gasteiger partial charge is 0.391 e. The number of aliphatic hydroxyl groups is 1. The molecule has 2 fully saturated rings. The van der Waals surface area contributed by atoms with Crippen molar-refractivity contribution < 1.29 is 9.90 Å². The van der Waals surface area contributed by atoms with E-state index in [0.29, 0.717) is 23.4 Å². The first-order valence-electron chi connectivity index (χ1n) is 8.48. The van der Waals surface area contributed by atoms with Crippen molar-refractivity contribution in [1.82, 2.24) is 10.2 Å². The Morgan fingerprint density at radius 1 is 1.35 bits per heavy atom. The first-order chi connectivity index (χ1) is 11.0. The van der Waals surface area contributed by atoms with Gasteiger partial charge in [0, 0.05) is 11.6 Å². The van der Waals surface area contributed by atoms with E-state index in [1.54, 1.807) is 4.90 Å². The molecule has 1 aromatic rings. The van der Waals surface area contributed by atoms with Crippen molar-refractivity contribution in [2.45, 2.75) is 51.3 Å². The third-order valence-corrected chi connectivity index (χ3v) is 5.57. The normalized spacial score (nSPS) is 31.6. The Hall–Kier alpha value is -1.26. The van der Waals surface area contributed by atoms with E-state index in [1.165, 1.54) is 0 Å². The van der Waals surface area contributed by atoms with Crippen LogP contribution in [0.2, 0.25) is 5.02 Å². The molecule has 5 heteroatoms. The molecule has 4 nitrogen and oxygen atoms in total. The molecular weight excluding hydrogens is 312 g/mol. The van der Waals surface area contributed by atoms with E-state index in [2.05, 4.69) is 12.2 Å². The molecule has 1 aliphatic carbocycles. The second-order valence-corrected chi connectivity index (χ2v) is 7.44. The first kappa shape index (κ1) is 16.6. The topological polar surface area (TPSA) is 52.6 Å². The molecular formula is C18H25ClN2O2. The van der Waals surface area contributed by atoms with Gasteiger partial charge in [0.05, 0.1) is 18.2 Å². The predicted molar refractivity (Wildman–Crippen MR) is 91.4 cm³/mol. The number of urea groups is 1. The van der Waals surface area contributed by atoms with Gasteiger partial charge in [-0.2, -0.15) is 0 Å². The number of carbonyl (C=O) groups excluding carboxylic acids is 1. The van der Waals surface area contributed by atoms with Crippen molar-refractivity contribution in [3.05, 3.63) is 34.9 Å². The molecule has 0 bridgehead atoms. The van der Waals surface area contributed by atoms with Crippen molar-refractivity contribution in [2.24, 2.45) is 11.8 Å². The third-order valence-electron chi connectivity index (χ3n) is 5.32. The lowest BCUT2D eigenvalue weighted by atomic mass is 9.99. The van der Waals surface area contributed by atoms with Gasteiger partial charge in [-0.15, -0.1) is 0 Å². The molecule has 1 aromatic carbocycles. The quantitative estimate of drug-likeness (QED) is 0.886. The van der Waals surface area contributed by atoms with Crippen LogP contribution in [0, 0.1) is 11.8 Å². The van der Waals surface area contributed by atoms with Gasteiger partial charge in [-0.05, 0) is 55.7 Å². The average molecular weight is 337 g/mol. The Morgan fingerprint density at radius 3 is 2.61 bits per heavy atom. The number of halogens is 1. The van der Waals surface area contributed by atoms with Gasteiger partial charge in [-0.1, -0.05) is 30.7 Å². The zero-order valence-electron chi connectivity index (χ0n) is 13.7. The van der Waals surface area contributed by atoms with Crippen LogP contribution >= 0.6 is 11.6 Å². The van der Waals surface area contributed by atoms with Crippen LogP contribution in [0.15, 0.2) is 24.3 Å². The molecule has 2 aliphatic rings. The predicted octanol–water partition coefficient (Wildman–Crippen LogP) is 3.59. The zero-order valence-corrected chi connectivity index (χ0v) is 14.5. The van der Waals surface area contributed by atoms with Crippen LogP contribution in [0.25, 0.3) is 0 Å². The minimum atomic E-state index is -0.427. The molecule has 126 valence electrons. The van der Waals surface area contributed by atoms with Crippen LogP contribution in [0.4, 0.5) is 4.79 Å². The third kappa shape index (κ3) is 3.64. The van der Waals surface area contributed by atoms with Crippen LogP contribution in [0.1, 0.15) is 44.7 Å². The first-order valence-corrected chi connectivity index (χ1v) is 8.86. The fourth-order valence-electron chi connectivity index (χ4n) is 3.55. The van der Waals surface area contributed by atoms with E-state index in [-0.39, 0.29) is 18.1 Å². The van der Waals surface area contributed by atoms with Crippen LogP contribution in [0.3, 0.4) is 0 Å². The molecule has 23 heavy (non-hydrogen) atoms. The highest BCUT2D eigenvalue weighted by Gasteiger charge is 2.42. The monoisotopic (exact) mass is 336 g/mol. The molecule has 1 saturated heterocycles. The number of benzene rings is 1. The van der Waals surface area contributed by atoms with Crippen LogP contribution < -0.4 is 5.32 Å². The Bertz CT molecular complexity index is 563. The summed E-state index contributed by atoms with van der Waals surface area (Å²) < 4.78 is 0. The summed E-state index contributed by atoms with van der Waals surface area (Å²) >= 11 is 5.98. The maximum absolute atomic E-state index is 12.7. The summed E-state index contributed by atoms with van der Waals surface area (Å²) in [6, 6.07) is 7.54. The molecule has 5 atom stereocenters. The second kappa shape index (κ2) is 6.70. The van der Waals surface area contributed by atoms with Gasteiger partial charge in [0.25, 0.3) is 0 Å². The van der Waals surface area contributed by atoms with Gasteiger partial charge in [0.2, 0.25) is 0 Å². The molecule has 1 saturated carbocycles. The minimum Gasteiger partial charge on any atom is -0.391 e. The summed E-state index contributed by atoms with van der Waals surface area (Å²) in [4.78, 5) is 14.5. The van der Waals surface area contributed by atoms with Gasteiger partial charge >= 0.3 is 6.03 Å². The van der Waals surface area contributed by atoms with Crippen molar-refractivity contribution in [3.8, 4) is 0 Å². The Morgan fingerprint density at radius 2 is 2.00 bits per heavy atom. The number of piperidine rings is 1. The van der Waals surface area contributed by atoms with Crippen molar-refractivity contribution >= 4 is 17.6 Å². The SMILES string of the molecule is CC1CC1C(NC(=O)N1CCCC(O)C1C)c1ccc(Cl)cc1. The standard InChI is InChI=1S/C18H25ClN2O2/c1-11-10-15(11)17(13-5-7-14(19)8-6-13)20-18(23)21-9-3-4-16(22)12(21)2/h5-8,11-12,15-17,22H,3-4,9-10H2,1-2H3,(H,20,23). The summed E-state index contributed by atoms with van der Waals surface area (Å²) in [5.41, 5.74) is 1.10. The van der Waals surface area contributed by atoms with Gasteiger partial charge in [0.1, 0.15) is 0 Å². The molecule has 5 unspecified atom stereocenters. The lowest BCUT2D eigenvalue weighted by Gasteiger charge is -2.38. The van der Waals surface area contributed by atoms with E-state index in [4.69, 9.17) is 11.6 Å². The van der Waals surface area contributed by atoms with E-state index >= 15 is 0 Å². The highest BCUT2D eigenvalue weighted by atomic mass is 35.5. The summed E-state index contributed by atoms with van der Waals surface area (Å²) in [6.45, 7) is 4.84. The molecule has 0 aromatic heterocycles. The smallest absolute Gasteiger partial charge is 0.318 e. The average Bonchev–Trinajstić information content (AvgIpc) is 3.25. The van der Waals surface area contributed by atoms with Crippen LogP contribution in [-0.4, -0.2) is 34.7 Å². The van der Waals surface area contributed by atoms with Gasteiger partial charge in [0.15, 0.2) is 0 Å². The lowest BCUT2D eigenvalue weighted by molar-refractivity contribution is 0.0380. The molecule has 3 rings (SSSR count). The molecule has 0 spiro atoms. The molecule has 0 radical (unpaired) electrons. The van der Waals surface area contributed by atoms with Crippen LogP contribution in [-0.2, 0) is 0 Å². The number of amides is 2. The van der Waals surface area contributed by atoms with Crippen molar-refractivity contribution in [3.63, 3.8) is 0 Å². The summed E-state index contributed by atoms with van der Waals surface area (Å²) in [5, 5.41) is 13.9. The second-order valence-electron chi connectivity index (χ2n) is 7.00. The number of rotatable bonds is 3. The maximum atomic E-state index is 12.7. The van der Waals surface area contributed by atoms with Crippen molar-refractivity contribution in [2.75, 3.05) is 6.54 Å². The van der Waals surface area contributed by atoms with Gasteiger partial charge < -0.3 is 15.3 Å². The number of nitrogens with zero attached hydrogens (tertiary/aromatic N) is 1. The highest BCUT2D eigenvalue weighted by molar-refractivity contribution is 6.30. The number of likely N-dealkylation sites (tertiary alicyclic amines) is 1. The molecule has 2 amide bonds. The number of aliphatic hydroxyl groups excluding tert-OH is 1. The molecule has 1 aliphatic heterocycles. The van der Waals surface area contributed by atoms with Crippen molar-refractivity contribution in [1.29, 1.82) is 0 Å². The highest BCUT2D eigenvalue weighted by Crippen LogP contribution is 2.47. The molecule has 2 N–H and O–H groups in total. The number of hydrogen-bond donors (Lipinski definition) is 2. The minimum absolute atomic E-state index is 0.0148. The lowest BCUT2D eigenvalue weighted by Crippen LogP contribution is -2.53. The van der Waals surface area contributed by atoms with Gasteiger partial charge in [-0.25, -0.2) is 4.79 Å². The Labute approximate surface area is 142 Å². The fourth-order valence-corrected chi connectivity index (χ4v) is 3.67. The number of nitrogens with one attached hydrogen (secondary N) is 1. The molecule has 1 heterocycles. The van der Waals surface area contributed by atoms with Crippen LogP contribution in [0.5, 0.6) is 0 Å². The van der Waals surface area contributed by atoms with E-state index < -0.39 is 6.10 Å². The summed E-state index contributed by atoms with van der Waals surface area (Å²) in [6.07, 6.45) is 2.32.